The van der Waals surface area contributed by atoms with Crippen molar-refractivity contribution >= 4 is 34.8 Å². The fraction of sp³-hybridized carbons (Fsp3) is 0.227. The lowest BCUT2D eigenvalue weighted by atomic mass is 10.2. The van der Waals surface area contributed by atoms with E-state index in [1.807, 2.05) is 47.8 Å². The number of amides is 1. The molecule has 2 aromatic heterocycles. The molecule has 1 aromatic carbocycles. The Kier molecular flexibility index (Phi) is 7.58. The number of aromatic nitrogens is 2. The number of anilines is 2. The zero-order valence-corrected chi connectivity index (χ0v) is 17.9. The van der Waals surface area contributed by atoms with Gasteiger partial charge in [0.1, 0.15) is 5.82 Å². The minimum Gasteiger partial charge on any atom is -0.385 e. The predicted octanol–water partition coefficient (Wildman–Crippen LogP) is 2.31. The van der Waals surface area contributed by atoms with Gasteiger partial charge in [-0.3, -0.25) is 19.1 Å². The SMILES string of the molecule is COCCCN(C(=O)/C=C/c1cccs1)c1c(N)n(Cc2ccccc2)c(=O)[nH]c1=O. The fourth-order valence-electron chi connectivity index (χ4n) is 3.09. The van der Waals surface area contributed by atoms with Crippen LogP contribution in [0.25, 0.3) is 6.08 Å². The van der Waals surface area contributed by atoms with E-state index in [-0.39, 0.29) is 24.6 Å². The number of ether oxygens (including phenoxy) is 1. The molecule has 3 aromatic rings. The van der Waals surface area contributed by atoms with Gasteiger partial charge in [0.2, 0.25) is 0 Å². The maximum atomic E-state index is 13.0. The summed E-state index contributed by atoms with van der Waals surface area (Å²) in [6.07, 6.45) is 3.57. The van der Waals surface area contributed by atoms with Crippen molar-refractivity contribution in [2.45, 2.75) is 13.0 Å². The largest absolute Gasteiger partial charge is 0.385 e. The molecule has 0 saturated carbocycles. The smallest absolute Gasteiger partial charge is 0.330 e. The van der Waals surface area contributed by atoms with Crippen molar-refractivity contribution in [3.05, 3.63) is 85.2 Å². The van der Waals surface area contributed by atoms with Gasteiger partial charge in [0.15, 0.2) is 5.69 Å². The van der Waals surface area contributed by atoms with Crippen LogP contribution in [-0.2, 0) is 16.1 Å². The summed E-state index contributed by atoms with van der Waals surface area (Å²) in [5.41, 5.74) is 5.71. The molecule has 162 valence electrons. The van der Waals surface area contributed by atoms with Crippen molar-refractivity contribution in [3.8, 4) is 0 Å². The Morgan fingerprint density at radius 2 is 2.00 bits per heavy atom. The molecule has 0 unspecified atom stereocenters. The highest BCUT2D eigenvalue weighted by Crippen LogP contribution is 2.19. The third-order valence-electron chi connectivity index (χ3n) is 4.60. The molecule has 8 nitrogen and oxygen atoms in total. The maximum absolute atomic E-state index is 13.0. The molecule has 0 atom stereocenters. The standard InChI is InChI=1S/C22H24N4O4S/c1-30-13-6-12-25(18(27)11-10-17-9-5-14-31-17)19-20(23)26(22(29)24-21(19)28)15-16-7-3-2-4-8-16/h2-5,7-11,14H,6,12-13,15,23H2,1H3,(H,24,28,29)/b11-10+. The summed E-state index contributed by atoms with van der Waals surface area (Å²) in [5, 5.41) is 1.91. The molecule has 0 aliphatic carbocycles. The number of benzene rings is 1. The molecule has 0 aliphatic rings. The minimum atomic E-state index is -0.706. The van der Waals surface area contributed by atoms with Gasteiger partial charge in [0.25, 0.3) is 11.5 Å². The van der Waals surface area contributed by atoms with Crippen molar-refractivity contribution in [1.82, 2.24) is 9.55 Å². The quantitative estimate of drug-likeness (QED) is 0.392. The van der Waals surface area contributed by atoms with Crippen LogP contribution in [-0.4, -0.2) is 35.7 Å². The van der Waals surface area contributed by atoms with E-state index >= 15 is 0 Å². The van der Waals surface area contributed by atoms with Crippen LogP contribution < -0.4 is 21.9 Å². The normalized spacial score (nSPS) is 11.1. The molecular weight excluding hydrogens is 416 g/mol. The van der Waals surface area contributed by atoms with Gasteiger partial charge in [0.05, 0.1) is 6.54 Å². The second-order valence-electron chi connectivity index (χ2n) is 6.75. The highest BCUT2D eigenvalue weighted by molar-refractivity contribution is 7.10. The lowest BCUT2D eigenvalue weighted by molar-refractivity contribution is -0.114. The number of hydrogen-bond donors (Lipinski definition) is 2. The molecule has 0 saturated heterocycles. The number of thiophene rings is 1. The van der Waals surface area contributed by atoms with E-state index in [2.05, 4.69) is 4.98 Å². The van der Waals surface area contributed by atoms with Gasteiger partial charge in [-0.15, -0.1) is 11.3 Å². The average Bonchev–Trinajstić information content (AvgIpc) is 3.28. The van der Waals surface area contributed by atoms with Gasteiger partial charge in [-0.05, 0) is 29.5 Å². The van der Waals surface area contributed by atoms with Crippen LogP contribution in [0.2, 0.25) is 0 Å². The van der Waals surface area contributed by atoms with E-state index in [4.69, 9.17) is 10.5 Å². The Balaban J connectivity index is 2.00. The van der Waals surface area contributed by atoms with Gasteiger partial charge in [-0.1, -0.05) is 36.4 Å². The number of nitrogens with zero attached hydrogens (tertiary/aromatic N) is 2. The number of rotatable bonds is 9. The first kappa shape index (κ1) is 22.3. The van der Waals surface area contributed by atoms with Crippen LogP contribution in [0.15, 0.2) is 63.5 Å². The number of hydrogen-bond acceptors (Lipinski definition) is 6. The Bertz CT molecular complexity index is 1150. The number of nitrogens with one attached hydrogen (secondary N) is 1. The van der Waals surface area contributed by atoms with E-state index in [1.54, 1.807) is 13.2 Å². The number of H-pyrrole nitrogens is 1. The first-order valence-electron chi connectivity index (χ1n) is 9.69. The molecule has 0 spiro atoms. The Labute approximate surface area is 183 Å². The molecule has 0 bridgehead atoms. The number of nitrogen functional groups attached to an aromatic ring is 1. The highest BCUT2D eigenvalue weighted by Gasteiger charge is 2.23. The Morgan fingerprint density at radius 3 is 2.68 bits per heavy atom. The van der Waals surface area contributed by atoms with E-state index in [1.165, 1.54) is 26.9 Å². The average molecular weight is 441 g/mol. The molecule has 3 rings (SSSR count). The molecular formula is C22H24N4O4S. The monoisotopic (exact) mass is 440 g/mol. The summed E-state index contributed by atoms with van der Waals surface area (Å²) in [6, 6.07) is 13.0. The second kappa shape index (κ2) is 10.6. The number of carbonyl (C=O) groups is 1. The predicted molar refractivity (Wildman–Crippen MR) is 123 cm³/mol. The molecule has 2 heterocycles. The summed E-state index contributed by atoms with van der Waals surface area (Å²) in [4.78, 5) is 42.6. The van der Waals surface area contributed by atoms with Gasteiger partial charge in [-0.2, -0.15) is 0 Å². The molecule has 0 fully saturated rings. The van der Waals surface area contributed by atoms with Gasteiger partial charge < -0.3 is 15.4 Å². The van der Waals surface area contributed by atoms with Crippen molar-refractivity contribution in [2.24, 2.45) is 0 Å². The zero-order valence-electron chi connectivity index (χ0n) is 17.1. The van der Waals surface area contributed by atoms with Crippen molar-refractivity contribution in [1.29, 1.82) is 0 Å². The van der Waals surface area contributed by atoms with Crippen LogP contribution in [0.3, 0.4) is 0 Å². The number of nitrogens with two attached hydrogens (primary N) is 1. The zero-order chi connectivity index (χ0) is 22.2. The van der Waals surface area contributed by atoms with Crippen LogP contribution in [0.4, 0.5) is 11.5 Å². The Hall–Kier alpha value is -3.43. The highest BCUT2D eigenvalue weighted by atomic mass is 32.1. The van der Waals surface area contributed by atoms with Crippen LogP contribution in [0.5, 0.6) is 0 Å². The first-order valence-corrected chi connectivity index (χ1v) is 10.6. The van der Waals surface area contributed by atoms with Crippen LogP contribution in [0, 0.1) is 0 Å². The number of carbonyl (C=O) groups excluding carboxylic acids is 1. The molecule has 0 radical (unpaired) electrons. The van der Waals surface area contributed by atoms with Gasteiger partial charge >= 0.3 is 5.69 Å². The summed E-state index contributed by atoms with van der Waals surface area (Å²) >= 11 is 1.49. The summed E-state index contributed by atoms with van der Waals surface area (Å²) in [5.74, 6) is -0.473. The van der Waals surface area contributed by atoms with Gasteiger partial charge in [0, 0.05) is 31.2 Å². The molecule has 0 aliphatic heterocycles. The third kappa shape index (κ3) is 5.59. The molecule has 1 amide bonds. The van der Waals surface area contributed by atoms with Crippen molar-refractivity contribution < 1.29 is 9.53 Å². The number of methoxy groups -OCH3 is 1. The summed E-state index contributed by atoms with van der Waals surface area (Å²) in [6.45, 7) is 0.776. The summed E-state index contributed by atoms with van der Waals surface area (Å²) < 4.78 is 6.34. The minimum absolute atomic E-state index is 0.0486. The van der Waals surface area contributed by atoms with Crippen LogP contribution in [0.1, 0.15) is 16.9 Å². The van der Waals surface area contributed by atoms with E-state index in [9.17, 15) is 14.4 Å². The third-order valence-corrected chi connectivity index (χ3v) is 5.43. The van der Waals surface area contributed by atoms with Crippen molar-refractivity contribution in [2.75, 3.05) is 30.9 Å². The lowest BCUT2D eigenvalue weighted by Crippen LogP contribution is -2.41. The van der Waals surface area contributed by atoms with E-state index in [0.29, 0.717) is 13.0 Å². The van der Waals surface area contributed by atoms with E-state index in [0.717, 1.165) is 10.4 Å². The first-order chi connectivity index (χ1) is 15.0. The molecule has 3 N–H and O–H groups in total. The fourth-order valence-corrected chi connectivity index (χ4v) is 3.71. The van der Waals surface area contributed by atoms with Gasteiger partial charge in [-0.25, -0.2) is 4.79 Å². The summed E-state index contributed by atoms with van der Waals surface area (Å²) in [7, 11) is 1.56. The molecule has 31 heavy (non-hydrogen) atoms. The van der Waals surface area contributed by atoms with Crippen molar-refractivity contribution in [3.63, 3.8) is 0 Å². The second-order valence-corrected chi connectivity index (χ2v) is 7.73. The maximum Gasteiger partial charge on any atom is 0.330 e. The van der Waals surface area contributed by atoms with Crippen LogP contribution >= 0.6 is 11.3 Å². The molecule has 9 heteroatoms. The number of aromatic amines is 1. The van der Waals surface area contributed by atoms with E-state index < -0.39 is 17.2 Å². The Morgan fingerprint density at radius 1 is 1.23 bits per heavy atom. The lowest BCUT2D eigenvalue weighted by Gasteiger charge is -2.23. The topological polar surface area (TPSA) is 110 Å².